The lowest BCUT2D eigenvalue weighted by Crippen LogP contribution is -2.29. The van der Waals surface area contributed by atoms with Crippen LogP contribution in [0, 0.1) is 0 Å². The standard InChI is InChI=1S/C15H21N3O2/c1-2-10(16)9-14(19)18-13-6-4-3-5-12(13)15(20)17-11-7-8-11/h3-6,10-11H,2,7-9,16H2,1H3,(H,17,20)(H,18,19). The van der Waals surface area contributed by atoms with Gasteiger partial charge in [-0.05, 0) is 31.4 Å². The third kappa shape index (κ3) is 4.06. The maximum absolute atomic E-state index is 12.1. The second-order valence-corrected chi connectivity index (χ2v) is 5.21. The highest BCUT2D eigenvalue weighted by Crippen LogP contribution is 2.21. The van der Waals surface area contributed by atoms with Crippen molar-refractivity contribution < 1.29 is 9.59 Å². The topological polar surface area (TPSA) is 84.2 Å². The van der Waals surface area contributed by atoms with Crippen LogP contribution in [0.3, 0.4) is 0 Å². The number of anilines is 1. The summed E-state index contributed by atoms with van der Waals surface area (Å²) in [5, 5.41) is 5.69. The van der Waals surface area contributed by atoms with Crippen molar-refractivity contribution in [3.8, 4) is 0 Å². The summed E-state index contributed by atoms with van der Waals surface area (Å²) >= 11 is 0. The molecule has 1 aliphatic rings. The molecule has 20 heavy (non-hydrogen) atoms. The van der Waals surface area contributed by atoms with Gasteiger partial charge in [-0.15, -0.1) is 0 Å². The number of carbonyl (C=O) groups excluding carboxylic acids is 2. The summed E-state index contributed by atoms with van der Waals surface area (Å²) < 4.78 is 0. The van der Waals surface area contributed by atoms with Gasteiger partial charge in [0.25, 0.3) is 5.91 Å². The molecule has 0 aromatic heterocycles. The van der Waals surface area contributed by atoms with E-state index in [9.17, 15) is 9.59 Å². The molecule has 0 spiro atoms. The molecule has 0 radical (unpaired) electrons. The van der Waals surface area contributed by atoms with E-state index in [1.807, 2.05) is 6.92 Å². The van der Waals surface area contributed by atoms with E-state index in [1.165, 1.54) is 0 Å². The Bertz CT molecular complexity index is 498. The number of carbonyl (C=O) groups is 2. The molecule has 1 atom stereocenters. The van der Waals surface area contributed by atoms with Crippen LogP contribution in [0.2, 0.25) is 0 Å². The van der Waals surface area contributed by atoms with E-state index in [1.54, 1.807) is 24.3 Å². The lowest BCUT2D eigenvalue weighted by atomic mass is 10.1. The van der Waals surface area contributed by atoms with E-state index in [0.717, 1.165) is 19.3 Å². The second-order valence-electron chi connectivity index (χ2n) is 5.21. The van der Waals surface area contributed by atoms with Gasteiger partial charge in [-0.25, -0.2) is 0 Å². The summed E-state index contributed by atoms with van der Waals surface area (Å²) in [6.45, 7) is 1.94. The van der Waals surface area contributed by atoms with Gasteiger partial charge in [-0.1, -0.05) is 19.1 Å². The zero-order chi connectivity index (χ0) is 14.5. The lowest BCUT2D eigenvalue weighted by molar-refractivity contribution is -0.116. The number of rotatable bonds is 6. The Hall–Kier alpha value is -1.88. The third-order valence-electron chi connectivity index (χ3n) is 3.33. The summed E-state index contributed by atoms with van der Waals surface area (Å²) in [6.07, 6.45) is 3.07. The number of benzene rings is 1. The third-order valence-corrected chi connectivity index (χ3v) is 3.33. The molecule has 5 nitrogen and oxygen atoms in total. The molecular formula is C15H21N3O2. The van der Waals surface area contributed by atoms with Crippen molar-refractivity contribution in [1.29, 1.82) is 0 Å². The highest BCUT2D eigenvalue weighted by atomic mass is 16.2. The molecule has 1 aromatic rings. The first-order valence-corrected chi connectivity index (χ1v) is 7.05. The Morgan fingerprint density at radius 1 is 1.35 bits per heavy atom. The Morgan fingerprint density at radius 3 is 2.70 bits per heavy atom. The van der Waals surface area contributed by atoms with Gasteiger partial charge in [-0.3, -0.25) is 9.59 Å². The number of hydrogen-bond donors (Lipinski definition) is 3. The zero-order valence-corrected chi connectivity index (χ0v) is 11.7. The molecule has 1 aromatic carbocycles. The van der Waals surface area contributed by atoms with Gasteiger partial charge >= 0.3 is 0 Å². The van der Waals surface area contributed by atoms with Crippen molar-refractivity contribution in [2.75, 3.05) is 5.32 Å². The maximum atomic E-state index is 12.1. The van der Waals surface area contributed by atoms with Crippen LogP contribution in [0.15, 0.2) is 24.3 Å². The predicted molar refractivity (Wildman–Crippen MR) is 78.4 cm³/mol. The number of amides is 2. The van der Waals surface area contributed by atoms with Crippen molar-refractivity contribution in [3.63, 3.8) is 0 Å². The highest BCUT2D eigenvalue weighted by Gasteiger charge is 2.25. The summed E-state index contributed by atoms with van der Waals surface area (Å²) in [7, 11) is 0. The number of nitrogens with one attached hydrogen (secondary N) is 2. The number of para-hydroxylation sites is 1. The Morgan fingerprint density at radius 2 is 2.05 bits per heavy atom. The maximum Gasteiger partial charge on any atom is 0.253 e. The summed E-state index contributed by atoms with van der Waals surface area (Å²) in [5.41, 5.74) is 6.80. The van der Waals surface area contributed by atoms with Crippen LogP contribution in [-0.2, 0) is 4.79 Å². The van der Waals surface area contributed by atoms with Crippen molar-refractivity contribution in [2.45, 2.75) is 44.7 Å². The monoisotopic (exact) mass is 275 g/mol. The van der Waals surface area contributed by atoms with Crippen LogP contribution in [0.5, 0.6) is 0 Å². The average Bonchev–Trinajstić information content (AvgIpc) is 3.22. The van der Waals surface area contributed by atoms with Crippen molar-refractivity contribution >= 4 is 17.5 Å². The minimum atomic E-state index is -0.161. The van der Waals surface area contributed by atoms with Gasteiger partial charge in [-0.2, -0.15) is 0 Å². The van der Waals surface area contributed by atoms with Crippen LogP contribution in [0.1, 0.15) is 43.0 Å². The minimum absolute atomic E-state index is 0.136. The van der Waals surface area contributed by atoms with Crippen molar-refractivity contribution in [2.24, 2.45) is 5.73 Å². The highest BCUT2D eigenvalue weighted by molar-refractivity contribution is 6.04. The molecule has 1 aliphatic carbocycles. The van der Waals surface area contributed by atoms with Gasteiger partial charge in [0.05, 0.1) is 11.3 Å². The quantitative estimate of drug-likeness (QED) is 0.738. The molecular weight excluding hydrogens is 254 g/mol. The van der Waals surface area contributed by atoms with Crippen molar-refractivity contribution in [3.05, 3.63) is 29.8 Å². The second kappa shape index (κ2) is 6.52. The molecule has 0 saturated heterocycles. The Balaban J connectivity index is 2.03. The molecule has 1 unspecified atom stereocenters. The van der Waals surface area contributed by atoms with Crippen LogP contribution < -0.4 is 16.4 Å². The molecule has 108 valence electrons. The van der Waals surface area contributed by atoms with E-state index in [4.69, 9.17) is 5.73 Å². The average molecular weight is 275 g/mol. The SMILES string of the molecule is CCC(N)CC(=O)Nc1ccccc1C(=O)NC1CC1. The van der Waals surface area contributed by atoms with Crippen LogP contribution >= 0.6 is 0 Å². The number of nitrogens with two attached hydrogens (primary N) is 1. The lowest BCUT2D eigenvalue weighted by Gasteiger charge is -2.13. The molecule has 2 amide bonds. The minimum Gasteiger partial charge on any atom is -0.349 e. The van der Waals surface area contributed by atoms with Crippen LogP contribution in [0.4, 0.5) is 5.69 Å². The van der Waals surface area contributed by atoms with Gasteiger partial charge < -0.3 is 16.4 Å². The Labute approximate surface area is 118 Å². The fraction of sp³-hybridized carbons (Fsp3) is 0.467. The fourth-order valence-corrected chi connectivity index (χ4v) is 1.86. The van der Waals surface area contributed by atoms with Gasteiger partial charge in [0.1, 0.15) is 0 Å². The van der Waals surface area contributed by atoms with Crippen molar-refractivity contribution in [1.82, 2.24) is 5.32 Å². The van der Waals surface area contributed by atoms with E-state index in [0.29, 0.717) is 17.3 Å². The molecule has 4 N–H and O–H groups in total. The molecule has 0 heterocycles. The Kier molecular flexibility index (Phi) is 4.74. The van der Waals surface area contributed by atoms with E-state index in [2.05, 4.69) is 10.6 Å². The first kappa shape index (κ1) is 14.5. The smallest absolute Gasteiger partial charge is 0.253 e. The first-order valence-electron chi connectivity index (χ1n) is 7.05. The van der Waals surface area contributed by atoms with Gasteiger partial charge in [0, 0.05) is 18.5 Å². The summed E-state index contributed by atoms with van der Waals surface area (Å²) in [5.74, 6) is -0.297. The normalized spacial score (nSPS) is 15.5. The summed E-state index contributed by atoms with van der Waals surface area (Å²) in [6, 6.07) is 7.17. The predicted octanol–water partition coefficient (Wildman–Crippen LogP) is 1.64. The first-order chi connectivity index (χ1) is 9.60. The molecule has 0 bridgehead atoms. The molecule has 1 saturated carbocycles. The van der Waals surface area contributed by atoms with E-state index >= 15 is 0 Å². The molecule has 2 rings (SSSR count). The van der Waals surface area contributed by atoms with Gasteiger partial charge in [0.2, 0.25) is 5.91 Å². The van der Waals surface area contributed by atoms with Crippen LogP contribution in [-0.4, -0.2) is 23.9 Å². The molecule has 0 aliphatic heterocycles. The molecule has 5 heteroatoms. The number of hydrogen-bond acceptors (Lipinski definition) is 3. The molecule has 1 fully saturated rings. The summed E-state index contributed by atoms with van der Waals surface area (Å²) in [4.78, 5) is 24.0. The van der Waals surface area contributed by atoms with E-state index < -0.39 is 0 Å². The van der Waals surface area contributed by atoms with E-state index in [-0.39, 0.29) is 24.3 Å². The van der Waals surface area contributed by atoms with Gasteiger partial charge in [0.15, 0.2) is 0 Å². The largest absolute Gasteiger partial charge is 0.349 e. The fourth-order valence-electron chi connectivity index (χ4n) is 1.86. The zero-order valence-electron chi connectivity index (χ0n) is 11.7. The van der Waals surface area contributed by atoms with Crippen LogP contribution in [0.25, 0.3) is 0 Å².